The van der Waals surface area contributed by atoms with Gasteiger partial charge in [-0.25, -0.2) is 13.1 Å². The summed E-state index contributed by atoms with van der Waals surface area (Å²) in [7, 11) is -1.65. The van der Waals surface area contributed by atoms with Crippen LogP contribution >= 0.6 is 12.4 Å². The summed E-state index contributed by atoms with van der Waals surface area (Å²) in [5.41, 5.74) is 0. The second-order valence-electron chi connectivity index (χ2n) is 3.45. The highest BCUT2D eigenvalue weighted by atomic mass is 35.5. The normalized spacial score (nSPS) is 21.3. The monoisotopic (exact) mass is 258 g/mol. The second kappa shape index (κ2) is 7.40. The molecule has 1 atom stereocenters. The molecule has 1 rings (SSSR count). The predicted molar refractivity (Wildman–Crippen MR) is 61.9 cm³/mol. The predicted octanol–water partition coefficient (Wildman–Crippen LogP) is -0.274. The number of hydrogen-bond donors (Lipinski definition) is 2. The highest BCUT2D eigenvalue weighted by Crippen LogP contribution is 2.03. The van der Waals surface area contributed by atoms with Crippen molar-refractivity contribution < 1.29 is 13.2 Å². The first-order valence-corrected chi connectivity index (χ1v) is 6.49. The van der Waals surface area contributed by atoms with Gasteiger partial charge in [-0.3, -0.25) is 0 Å². The molecule has 92 valence electrons. The molecule has 0 aliphatic carbocycles. The van der Waals surface area contributed by atoms with Gasteiger partial charge in [0.15, 0.2) is 0 Å². The zero-order valence-electron chi connectivity index (χ0n) is 8.86. The van der Waals surface area contributed by atoms with Gasteiger partial charge in [-0.05, 0) is 19.4 Å². The second-order valence-corrected chi connectivity index (χ2v) is 5.38. The molecule has 0 aromatic heterocycles. The summed E-state index contributed by atoms with van der Waals surface area (Å²) in [4.78, 5) is 0. The van der Waals surface area contributed by atoms with E-state index >= 15 is 0 Å². The third kappa shape index (κ3) is 6.32. The van der Waals surface area contributed by atoms with E-state index < -0.39 is 10.0 Å². The van der Waals surface area contributed by atoms with Crippen molar-refractivity contribution in [3.8, 4) is 0 Å². The third-order valence-corrected chi connectivity index (χ3v) is 3.58. The van der Waals surface area contributed by atoms with Crippen molar-refractivity contribution in [2.45, 2.75) is 18.9 Å². The maximum Gasteiger partial charge on any atom is 0.213 e. The Bertz CT molecular complexity index is 253. The van der Waals surface area contributed by atoms with Gasteiger partial charge in [-0.15, -0.1) is 12.4 Å². The molecule has 1 heterocycles. The van der Waals surface area contributed by atoms with E-state index in [4.69, 9.17) is 4.74 Å². The maximum atomic E-state index is 11.3. The van der Waals surface area contributed by atoms with Gasteiger partial charge in [0, 0.05) is 19.7 Å². The summed E-state index contributed by atoms with van der Waals surface area (Å²) in [6.07, 6.45) is 2.18. The minimum absolute atomic E-state index is 0. The van der Waals surface area contributed by atoms with E-state index in [1.807, 2.05) is 0 Å². The highest BCUT2D eigenvalue weighted by molar-refractivity contribution is 7.89. The van der Waals surface area contributed by atoms with Crippen LogP contribution in [-0.2, 0) is 14.8 Å². The minimum Gasteiger partial charge on any atom is -0.384 e. The fraction of sp³-hybridized carbons (Fsp3) is 1.00. The van der Waals surface area contributed by atoms with Crippen LogP contribution in [-0.4, -0.2) is 47.0 Å². The SMILES string of the molecule is COCCS(=O)(=O)NCC1CCCN1.Cl. The van der Waals surface area contributed by atoms with Crippen molar-refractivity contribution in [1.29, 1.82) is 0 Å². The Hall–Kier alpha value is 0.120. The van der Waals surface area contributed by atoms with Crippen LogP contribution in [0.2, 0.25) is 0 Å². The quantitative estimate of drug-likeness (QED) is 0.688. The van der Waals surface area contributed by atoms with Gasteiger partial charge < -0.3 is 10.1 Å². The maximum absolute atomic E-state index is 11.3. The lowest BCUT2D eigenvalue weighted by atomic mass is 10.2. The Morgan fingerprint density at radius 1 is 1.53 bits per heavy atom. The molecule has 0 spiro atoms. The molecular weight excluding hydrogens is 240 g/mol. The van der Waals surface area contributed by atoms with E-state index in [0.717, 1.165) is 19.4 Å². The Kier molecular flexibility index (Phi) is 7.46. The van der Waals surface area contributed by atoms with Crippen LogP contribution in [0.4, 0.5) is 0 Å². The Morgan fingerprint density at radius 2 is 2.27 bits per heavy atom. The smallest absolute Gasteiger partial charge is 0.213 e. The summed E-state index contributed by atoms with van der Waals surface area (Å²) >= 11 is 0. The van der Waals surface area contributed by atoms with Crippen LogP contribution < -0.4 is 10.0 Å². The number of ether oxygens (including phenoxy) is 1. The zero-order chi connectivity index (χ0) is 10.4. The first kappa shape index (κ1) is 15.1. The number of sulfonamides is 1. The number of nitrogens with one attached hydrogen (secondary N) is 2. The topological polar surface area (TPSA) is 67.4 Å². The molecule has 1 unspecified atom stereocenters. The molecule has 0 radical (unpaired) electrons. The van der Waals surface area contributed by atoms with Crippen molar-refractivity contribution in [3.63, 3.8) is 0 Å². The number of rotatable bonds is 6. The molecule has 2 N–H and O–H groups in total. The van der Waals surface area contributed by atoms with Crippen LogP contribution in [0.3, 0.4) is 0 Å². The molecule has 15 heavy (non-hydrogen) atoms. The molecule has 1 fully saturated rings. The van der Waals surface area contributed by atoms with Crippen LogP contribution in [0, 0.1) is 0 Å². The molecule has 1 aliphatic rings. The average Bonchev–Trinajstić information content (AvgIpc) is 2.64. The van der Waals surface area contributed by atoms with Gasteiger partial charge >= 0.3 is 0 Å². The zero-order valence-corrected chi connectivity index (χ0v) is 10.5. The molecule has 0 bridgehead atoms. The van der Waals surface area contributed by atoms with Crippen molar-refractivity contribution in [1.82, 2.24) is 10.0 Å². The number of halogens is 1. The highest BCUT2D eigenvalue weighted by Gasteiger charge is 2.17. The van der Waals surface area contributed by atoms with Gasteiger partial charge in [0.1, 0.15) is 0 Å². The van der Waals surface area contributed by atoms with E-state index in [1.54, 1.807) is 0 Å². The lowest BCUT2D eigenvalue weighted by molar-refractivity contribution is 0.217. The summed E-state index contributed by atoms with van der Waals surface area (Å²) in [5.74, 6) is 0.0379. The average molecular weight is 259 g/mol. The number of methoxy groups -OCH3 is 1. The van der Waals surface area contributed by atoms with E-state index in [0.29, 0.717) is 12.6 Å². The van der Waals surface area contributed by atoms with E-state index in [-0.39, 0.29) is 24.8 Å². The summed E-state index contributed by atoms with van der Waals surface area (Å²) in [6.45, 7) is 1.73. The molecule has 1 saturated heterocycles. The lowest BCUT2D eigenvalue weighted by Crippen LogP contribution is -2.38. The van der Waals surface area contributed by atoms with Crippen LogP contribution in [0.1, 0.15) is 12.8 Å². The molecular formula is C8H19ClN2O3S. The lowest BCUT2D eigenvalue weighted by Gasteiger charge is -2.11. The summed E-state index contributed by atoms with van der Waals surface area (Å²) in [5, 5.41) is 3.23. The standard InChI is InChI=1S/C8H18N2O3S.ClH/c1-13-5-6-14(11,12)10-7-8-3-2-4-9-8;/h8-10H,2-7H2,1H3;1H. The third-order valence-electron chi connectivity index (χ3n) is 2.27. The fourth-order valence-corrected chi connectivity index (χ4v) is 2.41. The van der Waals surface area contributed by atoms with Crippen molar-refractivity contribution in [3.05, 3.63) is 0 Å². The molecule has 7 heteroatoms. The molecule has 0 aromatic rings. The minimum atomic E-state index is -3.15. The Balaban J connectivity index is 0.00000196. The molecule has 0 aromatic carbocycles. The molecule has 5 nitrogen and oxygen atoms in total. The summed E-state index contributed by atoms with van der Waals surface area (Å²) in [6, 6.07) is 0.298. The first-order valence-electron chi connectivity index (χ1n) is 4.84. The van der Waals surface area contributed by atoms with Gasteiger partial charge in [-0.1, -0.05) is 0 Å². The fourth-order valence-electron chi connectivity index (χ4n) is 1.42. The Morgan fingerprint density at radius 3 is 2.80 bits per heavy atom. The van der Waals surface area contributed by atoms with Crippen LogP contribution in [0.15, 0.2) is 0 Å². The van der Waals surface area contributed by atoms with E-state index in [2.05, 4.69) is 10.0 Å². The van der Waals surface area contributed by atoms with Crippen molar-refractivity contribution in [2.75, 3.05) is 32.6 Å². The first-order chi connectivity index (χ1) is 6.64. The van der Waals surface area contributed by atoms with E-state index in [9.17, 15) is 8.42 Å². The van der Waals surface area contributed by atoms with Crippen molar-refractivity contribution >= 4 is 22.4 Å². The summed E-state index contributed by atoms with van der Waals surface area (Å²) < 4.78 is 29.9. The van der Waals surface area contributed by atoms with Gasteiger partial charge in [0.05, 0.1) is 12.4 Å². The van der Waals surface area contributed by atoms with Crippen molar-refractivity contribution in [2.24, 2.45) is 0 Å². The molecule has 0 amide bonds. The molecule has 0 saturated carbocycles. The molecule has 1 aliphatic heterocycles. The Labute approximate surface area is 97.4 Å². The van der Waals surface area contributed by atoms with Crippen LogP contribution in [0.25, 0.3) is 0 Å². The van der Waals surface area contributed by atoms with E-state index in [1.165, 1.54) is 7.11 Å². The van der Waals surface area contributed by atoms with Gasteiger partial charge in [0.2, 0.25) is 10.0 Å². The van der Waals surface area contributed by atoms with Gasteiger partial charge in [0.25, 0.3) is 0 Å². The largest absolute Gasteiger partial charge is 0.384 e. The van der Waals surface area contributed by atoms with Crippen LogP contribution in [0.5, 0.6) is 0 Å². The number of hydrogen-bond acceptors (Lipinski definition) is 4. The van der Waals surface area contributed by atoms with Gasteiger partial charge in [-0.2, -0.15) is 0 Å².